The molecule has 1 aromatic rings. The van der Waals surface area contributed by atoms with Gasteiger partial charge in [-0.25, -0.2) is 4.39 Å². The van der Waals surface area contributed by atoms with Crippen LogP contribution in [0.15, 0.2) is 18.2 Å². The highest BCUT2D eigenvalue weighted by Crippen LogP contribution is 2.22. The third-order valence-corrected chi connectivity index (χ3v) is 3.33. The molecular formula is C12H15ClFN. The first-order valence-electron chi connectivity index (χ1n) is 5.43. The predicted molar refractivity (Wildman–Crippen MR) is 60.8 cm³/mol. The highest BCUT2D eigenvalue weighted by molar-refractivity contribution is 6.31. The lowest BCUT2D eigenvalue weighted by atomic mass is 9.98. The second-order valence-corrected chi connectivity index (χ2v) is 4.44. The van der Waals surface area contributed by atoms with Crippen LogP contribution < -0.4 is 5.32 Å². The summed E-state index contributed by atoms with van der Waals surface area (Å²) in [5.41, 5.74) is 0.913. The molecule has 1 heterocycles. The van der Waals surface area contributed by atoms with Crippen LogP contribution in [0.5, 0.6) is 0 Å². The van der Waals surface area contributed by atoms with E-state index in [1.165, 1.54) is 18.9 Å². The number of nitrogens with one attached hydrogen (secondary N) is 1. The van der Waals surface area contributed by atoms with Gasteiger partial charge in [-0.3, -0.25) is 0 Å². The van der Waals surface area contributed by atoms with Crippen LogP contribution >= 0.6 is 11.6 Å². The molecule has 1 unspecified atom stereocenters. The van der Waals surface area contributed by atoms with Crippen LogP contribution in [0.1, 0.15) is 24.8 Å². The van der Waals surface area contributed by atoms with Crippen molar-refractivity contribution in [2.24, 2.45) is 0 Å². The summed E-state index contributed by atoms with van der Waals surface area (Å²) in [4.78, 5) is 0. The number of hydrogen-bond acceptors (Lipinski definition) is 1. The van der Waals surface area contributed by atoms with Crippen LogP contribution in [0, 0.1) is 5.82 Å². The Labute approximate surface area is 94.6 Å². The average molecular weight is 228 g/mol. The first-order valence-corrected chi connectivity index (χ1v) is 5.81. The number of benzene rings is 1. The van der Waals surface area contributed by atoms with Crippen molar-refractivity contribution >= 4 is 11.6 Å². The van der Waals surface area contributed by atoms with E-state index < -0.39 is 0 Å². The van der Waals surface area contributed by atoms with E-state index in [4.69, 9.17) is 11.6 Å². The molecule has 1 aromatic carbocycles. The second-order valence-electron chi connectivity index (χ2n) is 4.06. The van der Waals surface area contributed by atoms with Crippen molar-refractivity contribution in [1.29, 1.82) is 0 Å². The summed E-state index contributed by atoms with van der Waals surface area (Å²) in [5, 5.41) is 3.72. The van der Waals surface area contributed by atoms with Gasteiger partial charge >= 0.3 is 0 Å². The summed E-state index contributed by atoms with van der Waals surface area (Å²) in [7, 11) is 0. The van der Waals surface area contributed by atoms with Gasteiger partial charge in [-0.1, -0.05) is 30.2 Å². The van der Waals surface area contributed by atoms with Crippen LogP contribution in [0.4, 0.5) is 4.39 Å². The van der Waals surface area contributed by atoms with Crippen molar-refractivity contribution in [3.63, 3.8) is 0 Å². The minimum atomic E-state index is -0.315. The monoisotopic (exact) mass is 227 g/mol. The van der Waals surface area contributed by atoms with Crippen LogP contribution in [0.25, 0.3) is 0 Å². The highest BCUT2D eigenvalue weighted by Gasteiger charge is 2.15. The molecule has 0 aromatic heterocycles. The minimum Gasteiger partial charge on any atom is -0.314 e. The topological polar surface area (TPSA) is 12.0 Å². The Hall–Kier alpha value is -0.600. The van der Waals surface area contributed by atoms with Gasteiger partial charge in [0, 0.05) is 6.04 Å². The molecule has 0 aliphatic carbocycles. The number of piperidine rings is 1. The lowest BCUT2D eigenvalue weighted by molar-refractivity contribution is 0.399. The quantitative estimate of drug-likeness (QED) is 0.819. The summed E-state index contributed by atoms with van der Waals surface area (Å²) in [6.45, 7) is 1.07. The van der Waals surface area contributed by atoms with Gasteiger partial charge in [0.25, 0.3) is 0 Å². The summed E-state index contributed by atoms with van der Waals surface area (Å²) < 4.78 is 13.2. The van der Waals surface area contributed by atoms with Crippen LogP contribution in [0.2, 0.25) is 5.02 Å². The molecule has 1 aliphatic rings. The standard InChI is InChI=1S/C12H15ClFN/c13-12-9(4-3-6-11(12)14)8-10-5-1-2-7-15-10/h3-4,6,10,15H,1-2,5,7-8H2. The van der Waals surface area contributed by atoms with Gasteiger partial charge in [-0.2, -0.15) is 0 Å². The van der Waals surface area contributed by atoms with E-state index in [1.54, 1.807) is 6.07 Å². The normalized spacial score (nSPS) is 21.6. The van der Waals surface area contributed by atoms with Crippen LogP contribution in [-0.4, -0.2) is 12.6 Å². The first kappa shape index (κ1) is 10.9. The molecule has 2 rings (SSSR count). The average Bonchev–Trinajstić information content (AvgIpc) is 2.26. The molecule has 1 fully saturated rings. The van der Waals surface area contributed by atoms with Gasteiger partial charge in [0.2, 0.25) is 0 Å². The number of hydrogen-bond donors (Lipinski definition) is 1. The third kappa shape index (κ3) is 2.70. The Bertz CT molecular complexity index is 334. The van der Waals surface area contributed by atoms with Gasteiger partial charge in [-0.15, -0.1) is 0 Å². The van der Waals surface area contributed by atoms with Crippen molar-refractivity contribution in [2.75, 3.05) is 6.54 Å². The Morgan fingerprint density at radius 3 is 3.00 bits per heavy atom. The number of halogens is 2. The fourth-order valence-electron chi connectivity index (χ4n) is 2.07. The molecule has 0 bridgehead atoms. The van der Waals surface area contributed by atoms with Crippen LogP contribution in [-0.2, 0) is 6.42 Å². The largest absolute Gasteiger partial charge is 0.314 e. The zero-order valence-corrected chi connectivity index (χ0v) is 9.36. The van der Waals surface area contributed by atoms with Crippen molar-refractivity contribution in [3.8, 4) is 0 Å². The van der Waals surface area contributed by atoms with E-state index in [0.717, 1.165) is 24.9 Å². The van der Waals surface area contributed by atoms with Crippen molar-refractivity contribution in [1.82, 2.24) is 5.32 Å². The van der Waals surface area contributed by atoms with Crippen molar-refractivity contribution in [3.05, 3.63) is 34.6 Å². The zero-order valence-electron chi connectivity index (χ0n) is 8.60. The predicted octanol–water partition coefficient (Wildman–Crippen LogP) is 3.16. The van der Waals surface area contributed by atoms with Crippen LogP contribution in [0.3, 0.4) is 0 Å². The molecule has 3 heteroatoms. The molecule has 1 atom stereocenters. The Morgan fingerprint density at radius 1 is 1.40 bits per heavy atom. The van der Waals surface area contributed by atoms with E-state index in [-0.39, 0.29) is 10.8 Å². The molecule has 1 N–H and O–H groups in total. The Kier molecular flexibility index (Phi) is 3.60. The molecule has 1 nitrogen and oxygen atoms in total. The lowest BCUT2D eigenvalue weighted by Crippen LogP contribution is -2.35. The summed E-state index contributed by atoms with van der Waals surface area (Å²) in [6, 6.07) is 5.49. The molecule has 0 amide bonds. The summed E-state index contributed by atoms with van der Waals surface area (Å²) in [6.07, 6.45) is 4.49. The maximum atomic E-state index is 13.2. The van der Waals surface area contributed by atoms with E-state index in [9.17, 15) is 4.39 Å². The second kappa shape index (κ2) is 4.95. The molecule has 1 aliphatic heterocycles. The van der Waals surface area contributed by atoms with Gasteiger partial charge < -0.3 is 5.32 Å². The molecule has 0 spiro atoms. The zero-order chi connectivity index (χ0) is 10.7. The maximum absolute atomic E-state index is 13.2. The van der Waals surface area contributed by atoms with E-state index in [1.807, 2.05) is 6.07 Å². The lowest BCUT2D eigenvalue weighted by Gasteiger charge is -2.23. The third-order valence-electron chi connectivity index (χ3n) is 2.91. The number of rotatable bonds is 2. The fourth-order valence-corrected chi connectivity index (χ4v) is 2.27. The van der Waals surface area contributed by atoms with Gasteiger partial charge in [-0.05, 0) is 37.4 Å². The summed E-state index contributed by atoms with van der Waals surface area (Å²) in [5.74, 6) is -0.315. The highest BCUT2D eigenvalue weighted by atomic mass is 35.5. The first-order chi connectivity index (χ1) is 7.27. The molecule has 15 heavy (non-hydrogen) atoms. The van der Waals surface area contributed by atoms with Crippen molar-refractivity contribution < 1.29 is 4.39 Å². The van der Waals surface area contributed by atoms with E-state index in [2.05, 4.69) is 5.32 Å². The van der Waals surface area contributed by atoms with Gasteiger partial charge in [0.15, 0.2) is 0 Å². The minimum absolute atomic E-state index is 0.282. The molecular weight excluding hydrogens is 213 g/mol. The smallest absolute Gasteiger partial charge is 0.142 e. The molecule has 0 saturated carbocycles. The van der Waals surface area contributed by atoms with Crippen molar-refractivity contribution in [2.45, 2.75) is 31.7 Å². The molecule has 1 saturated heterocycles. The maximum Gasteiger partial charge on any atom is 0.142 e. The van der Waals surface area contributed by atoms with Gasteiger partial charge in [0.05, 0.1) is 5.02 Å². The Morgan fingerprint density at radius 2 is 2.27 bits per heavy atom. The fraction of sp³-hybridized carbons (Fsp3) is 0.500. The van der Waals surface area contributed by atoms with E-state index >= 15 is 0 Å². The molecule has 0 radical (unpaired) electrons. The SMILES string of the molecule is Fc1cccc(CC2CCCCN2)c1Cl. The van der Waals surface area contributed by atoms with E-state index in [0.29, 0.717) is 6.04 Å². The summed E-state index contributed by atoms with van der Waals surface area (Å²) >= 11 is 5.91. The Balaban J connectivity index is 2.06. The van der Waals surface area contributed by atoms with Gasteiger partial charge in [0.1, 0.15) is 5.82 Å². The molecule has 82 valence electrons.